The van der Waals surface area contributed by atoms with Crippen LogP contribution in [0.25, 0.3) is 0 Å². The Morgan fingerprint density at radius 3 is 2.71 bits per heavy atom. The molecule has 3 N–H and O–H groups in total. The lowest BCUT2D eigenvalue weighted by Gasteiger charge is -2.28. The maximum absolute atomic E-state index is 12.1. The summed E-state index contributed by atoms with van der Waals surface area (Å²) in [5.74, 6) is -0.647. The number of esters is 1. The smallest absolute Gasteiger partial charge is 0.337 e. The van der Waals surface area contributed by atoms with Gasteiger partial charge in [0, 0.05) is 25.9 Å². The average Bonchev–Trinajstić information content (AvgIpc) is 2.46. The highest BCUT2D eigenvalue weighted by atomic mass is 16.5. The number of hydrogen-bond donors (Lipinski definition) is 3. The molecule has 1 aliphatic heterocycles. The standard InChI is InChI=1S/C15H26N4O5/c1-5-24-14(21)13-10(2)17-15(22)18-11(13)8-19(3)9-12(20)16-6-7-23-4/h10H,5-9H2,1-4H3,(H,16,20)(H2,17,18,22)/t10-/m1/s1. The van der Waals surface area contributed by atoms with E-state index in [9.17, 15) is 14.4 Å². The number of urea groups is 1. The number of carbonyl (C=O) groups excluding carboxylic acids is 3. The first-order valence-electron chi connectivity index (χ1n) is 7.80. The van der Waals surface area contributed by atoms with Crippen molar-refractivity contribution >= 4 is 17.9 Å². The lowest BCUT2D eigenvalue weighted by Crippen LogP contribution is -2.51. The number of methoxy groups -OCH3 is 1. The van der Waals surface area contributed by atoms with E-state index in [0.717, 1.165) is 0 Å². The SMILES string of the molecule is CCOC(=O)C1=C(CN(C)CC(=O)NCCOC)NC(=O)N[C@@H]1C. The van der Waals surface area contributed by atoms with Crippen LogP contribution in [0.2, 0.25) is 0 Å². The van der Waals surface area contributed by atoms with Crippen LogP contribution in [0.5, 0.6) is 0 Å². The van der Waals surface area contributed by atoms with Crippen molar-refractivity contribution in [3.8, 4) is 0 Å². The number of carbonyl (C=O) groups is 3. The molecule has 136 valence electrons. The molecular weight excluding hydrogens is 316 g/mol. The van der Waals surface area contributed by atoms with Gasteiger partial charge in [0.1, 0.15) is 0 Å². The fourth-order valence-corrected chi connectivity index (χ4v) is 2.32. The average molecular weight is 342 g/mol. The highest BCUT2D eigenvalue weighted by Crippen LogP contribution is 2.15. The summed E-state index contributed by atoms with van der Waals surface area (Å²) in [6, 6.07) is -0.847. The first-order valence-corrected chi connectivity index (χ1v) is 7.80. The third-order valence-corrected chi connectivity index (χ3v) is 3.34. The summed E-state index contributed by atoms with van der Waals surface area (Å²) >= 11 is 0. The Hall–Kier alpha value is -2.13. The van der Waals surface area contributed by atoms with E-state index in [4.69, 9.17) is 9.47 Å². The third-order valence-electron chi connectivity index (χ3n) is 3.34. The Labute approximate surface area is 141 Å². The Balaban J connectivity index is 2.74. The van der Waals surface area contributed by atoms with Crippen molar-refractivity contribution in [2.24, 2.45) is 0 Å². The van der Waals surface area contributed by atoms with Crippen molar-refractivity contribution in [2.75, 3.05) is 47.0 Å². The van der Waals surface area contributed by atoms with E-state index < -0.39 is 12.0 Å². The summed E-state index contributed by atoms with van der Waals surface area (Å²) in [5, 5.41) is 7.97. The highest BCUT2D eigenvalue weighted by Gasteiger charge is 2.30. The number of nitrogens with one attached hydrogen (secondary N) is 3. The largest absolute Gasteiger partial charge is 0.463 e. The molecular formula is C15H26N4O5. The molecule has 0 radical (unpaired) electrons. The van der Waals surface area contributed by atoms with E-state index in [1.54, 1.807) is 32.9 Å². The van der Waals surface area contributed by atoms with Crippen LogP contribution in [0.15, 0.2) is 11.3 Å². The molecule has 0 saturated heterocycles. The minimum absolute atomic E-state index is 0.126. The normalized spacial score (nSPS) is 17.4. The summed E-state index contributed by atoms with van der Waals surface area (Å²) in [6.07, 6.45) is 0. The van der Waals surface area contributed by atoms with Gasteiger partial charge in [0.05, 0.1) is 31.4 Å². The Bertz CT molecular complexity index is 506. The first-order chi connectivity index (χ1) is 11.4. The molecule has 0 aromatic rings. The number of likely N-dealkylation sites (N-methyl/N-ethyl adjacent to an activating group) is 1. The van der Waals surface area contributed by atoms with Crippen LogP contribution in [-0.2, 0) is 19.1 Å². The molecule has 0 bridgehead atoms. The van der Waals surface area contributed by atoms with Crippen LogP contribution in [0.3, 0.4) is 0 Å². The fourth-order valence-electron chi connectivity index (χ4n) is 2.32. The summed E-state index contributed by atoms with van der Waals surface area (Å²) in [4.78, 5) is 37.3. The molecule has 3 amide bonds. The van der Waals surface area contributed by atoms with Crippen molar-refractivity contribution < 1.29 is 23.9 Å². The highest BCUT2D eigenvalue weighted by molar-refractivity contribution is 5.94. The lowest BCUT2D eigenvalue weighted by atomic mass is 10.0. The summed E-state index contributed by atoms with van der Waals surface area (Å²) < 4.78 is 9.91. The van der Waals surface area contributed by atoms with E-state index in [-0.39, 0.29) is 31.6 Å². The summed E-state index contributed by atoms with van der Waals surface area (Å²) in [7, 11) is 3.28. The molecule has 0 spiro atoms. The van der Waals surface area contributed by atoms with Crippen LogP contribution in [0.4, 0.5) is 4.79 Å². The molecule has 0 aliphatic carbocycles. The van der Waals surface area contributed by atoms with E-state index >= 15 is 0 Å². The molecule has 0 unspecified atom stereocenters. The van der Waals surface area contributed by atoms with E-state index in [2.05, 4.69) is 16.0 Å². The number of nitrogens with zero attached hydrogens (tertiary/aromatic N) is 1. The Morgan fingerprint density at radius 2 is 2.08 bits per heavy atom. The van der Waals surface area contributed by atoms with Crippen molar-refractivity contribution in [1.29, 1.82) is 0 Å². The third kappa shape index (κ3) is 6.17. The quantitative estimate of drug-likeness (QED) is 0.374. The molecule has 0 fully saturated rings. The second kappa shape index (κ2) is 9.89. The minimum Gasteiger partial charge on any atom is -0.463 e. The van der Waals surface area contributed by atoms with E-state index in [1.165, 1.54) is 0 Å². The van der Waals surface area contributed by atoms with Crippen molar-refractivity contribution in [1.82, 2.24) is 20.9 Å². The number of ether oxygens (including phenoxy) is 2. The molecule has 1 rings (SSSR count). The van der Waals surface area contributed by atoms with Crippen LogP contribution in [0.1, 0.15) is 13.8 Å². The van der Waals surface area contributed by atoms with Crippen LogP contribution in [-0.4, -0.2) is 75.9 Å². The maximum atomic E-state index is 12.1. The van der Waals surface area contributed by atoms with Crippen LogP contribution in [0, 0.1) is 0 Å². The molecule has 0 saturated carbocycles. The second-order valence-corrected chi connectivity index (χ2v) is 5.45. The van der Waals surface area contributed by atoms with Gasteiger partial charge in [-0.1, -0.05) is 0 Å². The van der Waals surface area contributed by atoms with Gasteiger partial charge in [-0.2, -0.15) is 0 Å². The van der Waals surface area contributed by atoms with E-state index in [0.29, 0.717) is 24.4 Å². The van der Waals surface area contributed by atoms with Gasteiger partial charge in [-0.3, -0.25) is 9.69 Å². The summed E-state index contributed by atoms with van der Waals surface area (Å²) in [5.41, 5.74) is 0.806. The van der Waals surface area contributed by atoms with Gasteiger partial charge in [-0.25, -0.2) is 9.59 Å². The lowest BCUT2D eigenvalue weighted by molar-refractivity contribution is -0.139. The fraction of sp³-hybridized carbons (Fsp3) is 0.667. The Morgan fingerprint density at radius 1 is 1.38 bits per heavy atom. The maximum Gasteiger partial charge on any atom is 0.337 e. The van der Waals surface area contributed by atoms with Crippen LogP contribution >= 0.6 is 0 Å². The predicted molar refractivity (Wildman–Crippen MR) is 87.2 cm³/mol. The monoisotopic (exact) mass is 342 g/mol. The molecule has 1 heterocycles. The number of rotatable bonds is 9. The first kappa shape index (κ1) is 19.9. The van der Waals surface area contributed by atoms with Crippen molar-refractivity contribution in [3.05, 3.63) is 11.3 Å². The van der Waals surface area contributed by atoms with Gasteiger partial charge in [-0.05, 0) is 20.9 Å². The zero-order chi connectivity index (χ0) is 18.1. The molecule has 9 nitrogen and oxygen atoms in total. The predicted octanol–water partition coefficient (Wildman–Crippen LogP) is -0.801. The van der Waals surface area contributed by atoms with Crippen LogP contribution < -0.4 is 16.0 Å². The second-order valence-electron chi connectivity index (χ2n) is 5.45. The number of hydrogen-bond acceptors (Lipinski definition) is 6. The van der Waals surface area contributed by atoms with Gasteiger partial charge >= 0.3 is 12.0 Å². The molecule has 9 heteroatoms. The molecule has 0 aromatic heterocycles. The van der Waals surface area contributed by atoms with Gasteiger partial charge in [0.25, 0.3) is 0 Å². The van der Waals surface area contributed by atoms with Crippen molar-refractivity contribution in [3.63, 3.8) is 0 Å². The van der Waals surface area contributed by atoms with Gasteiger partial charge in [0.2, 0.25) is 5.91 Å². The molecule has 24 heavy (non-hydrogen) atoms. The summed E-state index contributed by atoms with van der Waals surface area (Å²) in [6.45, 7) is 4.90. The number of amides is 3. The van der Waals surface area contributed by atoms with Gasteiger partial charge < -0.3 is 25.4 Å². The Kier molecular flexibility index (Phi) is 8.20. The topological polar surface area (TPSA) is 109 Å². The van der Waals surface area contributed by atoms with Gasteiger partial charge in [-0.15, -0.1) is 0 Å². The molecule has 0 aromatic carbocycles. The molecule has 1 atom stereocenters. The van der Waals surface area contributed by atoms with Crippen molar-refractivity contribution in [2.45, 2.75) is 19.9 Å². The zero-order valence-corrected chi connectivity index (χ0v) is 14.6. The minimum atomic E-state index is -0.481. The zero-order valence-electron chi connectivity index (χ0n) is 14.6. The van der Waals surface area contributed by atoms with Gasteiger partial charge in [0.15, 0.2) is 0 Å². The molecule has 1 aliphatic rings. The van der Waals surface area contributed by atoms with E-state index in [1.807, 2.05) is 0 Å².